The van der Waals surface area contributed by atoms with Crippen molar-refractivity contribution < 1.29 is 71.7 Å². The molecule has 4 heterocycles. The maximum atomic E-state index is 9.75. The molecule has 6 rings (SSSR count). The fourth-order valence-electron chi connectivity index (χ4n) is 4.18. The monoisotopic (exact) mass is 852 g/mol. The minimum Gasteiger partial charge on any atom is -0.418 e. The van der Waals surface area contributed by atoms with E-state index < -0.39 is 24.4 Å². The van der Waals surface area contributed by atoms with Gasteiger partial charge in [0.15, 0.2) is 14.1 Å². The number of pyridine rings is 2. The molecule has 0 spiro atoms. The van der Waals surface area contributed by atoms with E-state index in [2.05, 4.69) is 46.4 Å². The first-order chi connectivity index (χ1) is 24.3. The van der Waals surface area contributed by atoms with Gasteiger partial charge in [0.25, 0.3) is 0 Å². The number of aromatic nitrogens is 6. The van der Waals surface area contributed by atoms with Gasteiger partial charge in [0, 0.05) is 34.6 Å². The van der Waals surface area contributed by atoms with Crippen LogP contribution in [0.25, 0.3) is 33.5 Å². The van der Waals surface area contributed by atoms with Crippen LogP contribution in [0.3, 0.4) is 0 Å². The third-order valence-corrected chi connectivity index (χ3v) is 5.87. The van der Waals surface area contributed by atoms with Crippen LogP contribution in [0.2, 0.25) is 0 Å². The summed E-state index contributed by atoms with van der Waals surface area (Å²) in [6, 6.07) is 28.7. The first-order valence-electron chi connectivity index (χ1n) is 14.6. The van der Waals surface area contributed by atoms with Crippen LogP contribution in [0.1, 0.15) is 11.1 Å². The SMILES string of the molecule is C[N+](=O)[O-].C[N+](=O)[O-].F[B-](F)(F)F.F[B-](F)(F)F.[Cd+2].c1ccc(-c2ccn(Cc3cc4ccccc4cc3Cn3ccc(-c4ccccn4)n3)n2)nc1. The fraction of sp³-hybridized carbons (Fsp3) is 0.133. The number of nitrogens with zero attached hydrogens (tertiary/aromatic N) is 8. The Morgan fingerprint density at radius 2 is 0.868 bits per heavy atom. The fourth-order valence-corrected chi connectivity index (χ4v) is 4.18. The van der Waals surface area contributed by atoms with E-state index in [1.165, 1.54) is 21.9 Å². The molecule has 0 aliphatic rings. The van der Waals surface area contributed by atoms with Gasteiger partial charge in [-0.1, -0.05) is 36.4 Å². The van der Waals surface area contributed by atoms with Crippen molar-refractivity contribution in [3.63, 3.8) is 0 Å². The van der Waals surface area contributed by atoms with Crippen LogP contribution < -0.4 is 0 Å². The predicted octanol–water partition coefficient (Wildman–Crippen LogP) is 7.84. The molecule has 0 aliphatic carbocycles. The minimum absolute atomic E-state index is 0. The smallest absolute Gasteiger partial charge is 0.418 e. The van der Waals surface area contributed by atoms with Gasteiger partial charge in [-0.25, -0.2) is 0 Å². The van der Waals surface area contributed by atoms with Gasteiger partial charge in [0.1, 0.15) is 11.4 Å². The first kappa shape index (κ1) is 45.7. The van der Waals surface area contributed by atoms with Crippen LogP contribution in [0.15, 0.2) is 110 Å². The van der Waals surface area contributed by atoms with Gasteiger partial charge >= 0.3 is 41.8 Å². The Morgan fingerprint density at radius 1 is 0.566 bits per heavy atom. The average molecular weight is 851 g/mol. The normalized spacial score (nSPS) is 10.4. The summed E-state index contributed by atoms with van der Waals surface area (Å²) in [6.07, 6.45) is 7.60. The Hall–Kier alpha value is -5.29. The molecule has 6 aromatic rings. The van der Waals surface area contributed by atoms with Gasteiger partial charge in [-0.05, 0) is 70.4 Å². The molecule has 0 amide bonds. The van der Waals surface area contributed by atoms with Crippen molar-refractivity contribution >= 4 is 25.3 Å². The van der Waals surface area contributed by atoms with Gasteiger partial charge in [0.05, 0.1) is 24.5 Å². The van der Waals surface area contributed by atoms with E-state index in [-0.39, 0.29) is 27.3 Å². The van der Waals surface area contributed by atoms with Crippen LogP contribution in [0.5, 0.6) is 0 Å². The maximum Gasteiger partial charge on any atom is 2.00 e. The molecule has 0 atom stereocenters. The van der Waals surface area contributed by atoms with Crippen molar-refractivity contribution in [3.05, 3.63) is 141 Å². The molecule has 0 saturated carbocycles. The second-order valence-electron chi connectivity index (χ2n) is 10.1. The molecule has 0 bridgehead atoms. The Labute approximate surface area is 316 Å². The topological polar surface area (TPSA) is 148 Å². The van der Waals surface area contributed by atoms with Gasteiger partial charge in [-0.3, -0.25) is 39.6 Å². The van der Waals surface area contributed by atoms with Crippen molar-refractivity contribution in [1.29, 1.82) is 0 Å². The van der Waals surface area contributed by atoms with Gasteiger partial charge < -0.3 is 34.5 Å². The zero-order valence-electron chi connectivity index (χ0n) is 27.9. The van der Waals surface area contributed by atoms with Crippen LogP contribution in [0.4, 0.5) is 34.5 Å². The van der Waals surface area contributed by atoms with E-state index in [4.69, 9.17) is 30.4 Å². The Kier molecular flexibility index (Phi) is 18.9. The largest absolute Gasteiger partial charge is 2.00 e. The third kappa shape index (κ3) is 20.4. The van der Waals surface area contributed by atoms with Crippen LogP contribution in [0, 0.1) is 20.2 Å². The summed E-state index contributed by atoms with van der Waals surface area (Å²) in [5.74, 6) is 0. The molecule has 12 nitrogen and oxygen atoms in total. The molecule has 0 fully saturated rings. The zero-order valence-corrected chi connectivity index (χ0v) is 31.9. The average Bonchev–Trinajstić information content (AvgIpc) is 3.70. The van der Waals surface area contributed by atoms with E-state index in [0.29, 0.717) is 13.1 Å². The van der Waals surface area contributed by atoms with E-state index in [9.17, 15) is 34.5 Å². The first-order valence-corrected chi connectivity index (χ1v) is 14.6. The van der Waals surface area contributed by atoms with E-state index in [0.717, 1.165) is 36.9 Å². The molecule has 276 valence electrons. The minimum atomic E-state index is -6.00. The summed E-state index contributed by atoms with van der Waals surface area (Å²) in [4.78, 5) is 25.4. The van der Waals surface area contributed by atoms with Crippen LogP contribution >= 0.6 is 0 Å². The van der Waals surface area contributed by atoms with Crippen LogP contribution in [-0.2, 0) is 40.4 Å². The number of fused-ring (bicyclic) bond motifs is 1. The summed E-state index contributed by atoms with van der Waals surface area (Å²) < 4.78 is 81.9. The summed E-state index contributed by atoms with van der Waals surface area (Å²) in [7, 11) is -10.2. The molecule has 23 heteroatoms. The van der Waals surface area contributed by atoms with Gasteiger partial charge in [0.2, 0.25) is 0 Å². The van der Waals surface area contributed by atoms with Crippen molar-refractivity contribution in [1.82, 2.24) is 29.5 Å². The van der Waals surface area contributed by atoms with Crippen molar-refractivity contribution in [2.75, 3.05) is 14.1 Å². The Bertz CT molecular complexity index is 1840. The zero-order chi connectivity index (χ0) is 38.9. The Balaban J connectivity index is 0.000000621. The number of hydrogen-bond acceptors (Lipinski definition) is 8. The number of halogens is 8. The number of rotatable bonds is 6. The van der Waals surface area contributed by atoms with E-state index in [1.807, 2.05) is 70.3 Å². The van der Waals surface area contributed by atoms with Crippen molar-refractivity contribution in [3.8, 4) is 22.8 Å². The van der Waals surface area contributed by atoms with Crippen molar-refractivity contribution in [2.45, 2.75) is 13.1 Å². The molecule has 0 aliphatic heterocycles. The molecule has 0 saturated heterocycles. The molecule has 53 heavy (non-hydrogen) atoms. The molecular formula is C30H28B2CdF8N8O4. The van der Waals surface area contributed by atoms with Gasteiger partial charge in [-0.15, -0.1) is 0 Å². The molecule has 4 aromatic heterocycles. The predicted molar refractivity (Wildman–Crippen MR) is 179 cm³/mol. The standard InChI is InChI=1S/C28H22N6.2CH3NO2.2BF4.Cd/c1-2-8-22-18-24(20-34-16-12-28(32-34)26-10-4-6-14-30-26)23(17-21(22)7-1)19-33-15-11-27(31-33)25-9-3-5-13-29-25;2*1-2(3)4;2*2-1(3,4)5;/h1-18H,19-20H2;2*1H3;;;/q;;;2*-1;+2. The summed E-state index contributed by atoms with van der Waals surface area (Å²) in [5, 5.41) is 29.6. The quantitative estimate of drug-likeness (QED) is 0.0713. The molecular weight excluding hydrogens is 822 g/mol. The molecule has 0 radical (unpaired) electrons. The second kappa shape index (κ2) is 21.9. The molecule has 0 unspecified atom stereocenters. The third-order valence-electron chi connectivity index (χ3n) is 5.87. The summed E-state index contributed by atoms with van der Waals surface area (Å²) in [5.41, 5.74) is 5.91. The maximum absolute atomic E-state index is 9.75. The number of nitro groups is 2. The summed E-state index contributed by atoms with van der Waals surface area (Å²) >= 11 is 0. The van der Waals surface area contributed by atoms with Gasteiger partial charge in [-0.2, -0.15) is 10.2 Å². The van der Waals surface area contributed by atoms with E-state index in [1.54, 1.807) is 12.4 Å². The number of hydrogen-bond donors (Lipinski definition) is 0. The number of benzene rings is 2. The van der Waals surface area contributed by atoms with E-state index >= 15 is 0 Å². The van der Waals surface area contributed by atoms with Crippen LogP contribution in [-0.4, -0.2) is 68.0 Å². The molecule has 2 aromatic carbocycles. The second-order valence-corrected chi connectivity index (χ2v) is 10.1. The molecule has 0 N–H and O–H groups in total. The summed E-state index contributed by atoms with van der Waals surface area (Å²) in [6.45, 7) is 1.34. The van der Waals surface area contributed by atoms with Crippen molar-refractivity contribution in [2.24, 2.45) is 0 Å². The Morgan fingerprint density at radius 3 is 1.15 bits per heavy atom.